The number of hydrogen-bond donors (Lipinski definition) is 0. The van der Waals surface area contributed by atoms with Crippen molar-refractivity contribution in [3.8, 4) is 0 Å². The molecule has 2 aromatic carbocycles. The highest BCUT2D eigenvalue weighted by Gasteiger charge is 2.81. The Balaban J connectivity index is 0.000000171. The van der Waals surface area contributed by atoms with Gasteiger partial charge in [0.05, 0.1) is 42.6 Å². The van der Waals surface area contributed by atoms with Crippen molar-refractivity contribution in [2.24, 2.45) is 43.3 Å². The SMILES string of the molecule is Cc1cc(=O)oc2c3c(ccc12)S(=O)(=O)[C@@H](C)[C@H](OC(=O)[C@@]12CC[C@@](C)(C(=O)O1)C2(C)C)[C@@H]3OC(=O)[C@@]12CC[C@@](C)(C(=O)O1)C2(C)C.Cc1cc(=O)oc2c3c(ccc12)S(=O)(=O)[C@H](C)[C@@H](OC(=O)[C@@]12CC[C@@](C)(C(=O)O1)C2(C)C)[C@H]3OC(=O)[C@@]12CC[C@@](C)(C(=O)O1)C2(C)C. The highest BCUT2D eigenvalue weighted by atomic mass is 32.2. The van der Waals surface area contributed by atoms with Crippen LogP contribution in [-0.4, -0.2) is 110 Å². The molecule has 8 fully saturated rings. The van der Waals surface area contributed by atoms with Gasteiger partial charge in [-0.3, -0.25) is 19.2 Å². The molecule has 4 saturated carbocycles. The van der Waals surface area contributed by atoms with E-state index in [-0.39, 0.29) is 57.8 Å². The maximum atomic E-state index is 14.4. The van der Waals surface area contributed by atoms with Gasteiger partial charge in [0.15, 0.2) is 44.1 Å². The second-order valence-electron chi connectivity index (χ2n) is 30.8. The molecule has 0 spiro atoms. The van der Waals surface area contributed by atoms with Gasteiger partial charge in [-0.15, -0.1) is 0 Å². The van der Waals surface area contributed by atoms with E-state index in [1.54, 1.807) is 96.9 Å². The summed E-state index contributed by atoms with van der Waals surface area (Å²) in [4.78, 5) is 134. The maximum Gasteiger partial charge on any atom is 0.351 e. The third-order valence-corrected chi connectivity index (χ3v) is 31.0. The van der Waals surface area contributed by atoms with Crippen LogP contribution in [0.1, 0.15) is 183 Å². The molecule has 10 aliphatic rings. The Morgan fingerprint density at radius 2 is 0.660 bits per heavy atom. The normalized spacial score (nSPS) is 38.5. The third kappa shape index (κ3) is 7.39. The Hall–Kier alpha value is -7.48. The molecule has 8 bridgehead atoms. The predicted molar refractivity (Wildman–Crippen MR) is 325 cm³/mol. The van der Waals surface area contributed by atoms with Crippen molar-refractivity contribution in [1.82, 2.24) is 0 Å². The highest BCUT2D eigenvalue weighted by Crippen LogP contribution is 2.70. The molecule has 14 rings (SSSR count). The fourth-order valence-corrected chi connectivity index (χ4v) is 21.1. The summed E-state index contributed by atoms with van der Waals surface area (Å²) in [6, 6.07) is 8.20. The van der Waals surface area contributed by atoms with E-state index in [1.807, 2.05) is 0 Å². The summed E-state index contributed by atoms with van der Waals surface area (Å²) < 4.78 is 115. The molecule has 504 valence electrons. The van der Waals surface area contributed by atoms with E-state index >= 15 is 0 Å². The van der Waals surface area contributed by atoms with Gasteiger partial charge in [0, 0.05) is 44.6 Å². The van der Waals surface area contributed by atoms with Crippen LogP contribution in [0.15, 0.2) is 64.6 Å². The molecule has 24 nitrogen and oxygen atoms in total. The zero-order valence-corrected chi connectivity index (χ0v) is 56.8. The summed E-state index contributed by atoms with van der Waals surface area (Å²) in [5.41, 5.74) is -15.9. The molecule has 6 aliphatic heterocycles. The Morgan fingerprint density at radius 3 is 0.894 bits per heavy atom. The molecular formula is C68H76O24S2. The van der Waals surface area contributed by atoms with Crippen molar-refractivity contribution < 1.29 is 102 Å². The average molecular weight is 1340 g/mol. The first kappa shape index (κ1) is 65.2. The molecule has 8 heterocycles. The van der Waals surface area contributed by atoms with Crippen molar-refractivity contribution in [2.45, 2.75) is 229 Å². The van der Waals surface area contributed by atoms with Gasteiger partial charge >= 0.3 is 59.0 Å². The van der Waals surface area contributed by atoms with Crippen LogP contribution in [0.5, 0.6) is 0 Å². The summed E-state index contributed by atoms with van der Waals surface area (Å²) >= 11 is 0. The van der Waals surface area contributed by atoms with Gasteiger partial charge in [0.25, 0.3) is 0 Å². The van der Waals surface area contributed by atoms with Crippen molar-refractivity contribution in [2.75, 3.05) is 0 Å². The van der Waals surface area contributed by atoms with Gasteiger partial charge < -0.3 is 46.7 Å². The third-order valence-electron chi connectivity index (χ3n) is 26.5. The molecule has 14 atom stereocenters. The number of rotatable bonds is 8. The number of benzene rings is 2. The number of carbonyl (C=O) groups excluding carboxylic acids is 8. The standard InChI is InChI=1S/2C34H38O12S/c2*1-16-15-20(35)42-23-18(16)9-10-19-21(23)24(44-28(39)34-14-12-32(8,26(37)46-34)30(34,5)6)22(17(2)47(19,40)41)43-27(38)33-13-11-31(7,25(36)45-33)29(33,3)4/h2*9-10,15,17,22,24H,11-14H2,1-8H3/t17-,22-,24+,31+,32+,33-,34-;17-,22-,24+,31-,32-,33+,34+/m10/s1. The number of hydrogen-bond acceptors (Lipinski definition) is 24. The molecule has 4 saturated heterocycles. The molecule has 0 unspecified atom stereocenters. The molecular weight excluding hydrogens is 1260 g/mol. The number of ether oxygens (including phenoxy) is 8. The fraction of sp³-hybridized carbons (Fsp3) is 0.618. The van der Waals surface area contributed by atoms with Crippen LogP contribution in [0.2, 0.25) is 0 Å². The van der Waals surface area contributed by atoms with Crippen molar-refractivity contribution in [1.29, 1.82) is 0 Å². The van der Waals surface area contributed by atoms with E-state index in [4.69, 9.17) is 46.7 Å². The van der Waals surface area contributed by atoms with Crippen molar-refractivity contribution in [3.63, 3.8) is 0 Å². The minimum absolute atomic E-state index is 0.141. The molecule has 0 radical (unpaired) electrons. The first-order valence-corrected chi connectivity index (χ1v) is 34.8. The quantitative estimate of drug-likeness (QED) is 0.0914. The van der Waals surface area contributed by atoms with E-state index in [0.29, 0.717) is 47.6 Å². The maximum absolute atomic E-state index is 14.4. The van der Waals surface area contributed by atoms with Crippen LogP contribution in [0.4, 0.5) is 0 Å². The summed E-state index contributed by atoms with van der Waals surface area (Å²) in [5, 5.41) is -2.15. The van der Waals surface area contributed by atoms with E-state index in [1.165, 1.54) is 50.2 Å². The summed E-state index contributed by atoms with van der Waals surface area (Å²) in [6.07, 6.45) is -4.52. The lowest BCUT2D eigenvalue weighted by atomic mass is 9.66. The Kier molecular flexibility index (Phi) is 13.3. The monoisotopic (exact) mass is 1340 g/mol. The molecule has 0 amide bonds. The first-order chi connectivity index (χ1) is 43.3. The number of fused-ring (bicyclic) bond motifs is 14. The molecule has 94 heavy (non-hydrogen) atoms. The van der Waals surface area contributed by atoms with E-state index < -0.39 is 179 Å². The van der Waals surface area contributed by atoms with E-state index in [0.717, 1.165) is 0 Å². The Bertz CT molecular complexity index is 4300. The lowest BCUT2D eigenvalue weighted by Gasteiger charge is -2.41. The lowest BCUT2D eigenvalue weighted by molar-refractivity contribution is -0.202. The number of carbonyl (C=O) groups is 8. The van der Waals surface area contributed by atoms with Crippen LogP contribution >= 0.6 is 0 Å². The van der Waals surface area contributed by atoms with Gasteiger partial charge in [-0.1, -0.05) is 55.4 Å². The van der Waals surface area contributed by atoms with Crippen LogP contribution < -0.4 is 11.3 Å². The number of sulfone groups is 2. The van der Waals surface area contributed by atoms with Gasteiger partial charge in [-0.25, -0.2) is 45.6 Å². The fourth-order valence-electron chi connectivity index (χ4n) is 17.6. The Morgan fingerprint density at radius 1 is 0.404 bits per heavy atom. The minimum Gasteiger partial charge on any atom is -0.454 e. The Labute approximate surface area is 540 Å². The van der Waals surface area contributed by atoms with Crippen LogP contribution in [0.3, 0.4) is 0 Å². The van der Waals surface area contributed by atoms with E-state index in [9.17, 15) is 64.8 Å². The first-order valence-electron chi connectivity index (χ1n) is 31.7. The van der Waals surface area contributed by atoms with Crippen LogP contribution in [0, 0.1) is 57.2 Å². The second-order valence-corrected chi connectivity index (χ2v) is 35.3. The summed E-state index contributed by atoms with van der Waals surface area (Å²) in [7, 11) is -8.58. The van der Waals surface area contributed by atoms with Crippen LogP contribution in [0.25, 0.3) is 21.9 Å². The second kappa shape index (κ2) is 19.2. The van der Waals surface area contributed by atoms with Gasteiger partial charge in [-0.2, -0.15) is 0 Å². The largest absolute Gasteiger partial charge is 0.454 e. The topological polar surface area (TPSA) is 339 Å². The van der Waals surface area contributed by atoms with E-state index in [2.05, 4.69) is 0 Å². The van der Waals surface area contributed by atoms with Gasteiger partial charge in [-0.05, 0) is 142 Å². The predicted octanol–water partition coefficient (Wildman–Crippen LogP) is 8.03. The number of esters is 8. The van der Waals surface area contributed by atoms with Gasteiger partial charge in [0.1, 0.15) is 21.7 Å². The zero-order chi connectivity index (χ0) is 69.0. The smallest absolute Gasteiger partial charge is 0.351 e. The minimum atomic E-state index is -4.29. The summed E-state index contributed by atoms with van der Waals surface area (Å²) in [5.74, 6) is -6.01. The molecule has 26 heteroatoms. The summed E-state index contributed by atoms with van der Waals surface area (Å²) in [6.45, 7) is 26.8. The molecule has 2 aromatic heterocycles. The highest BCUT2D eigenvalue weighted by molar-refractivity contribution is 7.92. The molecule has 4 aliphatic carbocycles. The average Bonchev–Trinajstić information content (AvgIpc) is 0.768. The number of aryl methyl sites for hydroxylation is 2. The molecule has 4 aromatic rings. The lowest BCUT2D eigenvalue weighted by Crippen LogP contribution is -2.55. The van der Waals surface area contributed by atoms with Crippen molar-refractivity contribution >= 4 is 89.4 Å². The van der Waals surface area contributed by atoms with Crippen molar-refractivity contribution in [3.05, 3.63) is 79.5 Å². The zero-order valence-electron chi connectivity index (χ0n) is 55.2. The molecule has 0 N–H and O–H groups in total. The van der Waals surface area contributed by atoms with Gasteiger partial charge in [0.2, 0.25) is 22.4 Å². The van der Waals surface area contributed by atoms with Crippen LogP contribution in [-0.2, 0) is 95.9 Å².